The molecule has 0 unspecified atom stereocenters. The molecule has 2 saturated carbocycles. The second kappa shape index (κ2) is 27.7. The highest BCUT2D eigenvalue weighted by atomic mass is 35.5. The Balaban J connectivity index is 0.997. The van der Waals surface area contributed by atoms with Crippen molar-refractivity contribution in [3.05, 3.63) is 164 Å². The minimum Gasteiger partial charge on any atom is -0.508 e. The SMILES string of the molecule is N[C@H]1C(=O)N[C@@H]2Cc3ccc(c(Cl)c3)Oc3cc4cc(c3O)Oc3ccc(cc3Cl)[C@@H](O)[C@@H]3NC(=O)[C@H](NC(=O)[C@@H]4NC(=O)[C@@H](NC2=O)c2cc(O)cc(c2)Oc2cc1ccc2O)c1ccc(O)c(c1)-c1c(O)cc(O)cc1[C@@H](C(=O)N(C(=O)NC1CCCCC1)C1CCCCC1)NC3=O. The van der Waals surface area contributed by atoms with E-state index in [0.717, 1.165) is 85.2 Å². The summed E-state index contributed by atoms with van der Waals surface area (Å²) < 4.78 is 18.7. The number of phenols is 6. The van der Waals surface area contributed by atoms with Crippen molar-refractivity contribution in [3.63, 3.8) is 0 Å². The maximum Gasteiger partial charge on any atom is 0.324 e. The third-order valence-electron chi connectivity index (χ3n) is 18.8. The van der Waals surface area contributed by atoms with E-state index in [9.17, 15) is 45.3 Å². The van der Waals surface area contributed by atoms with E-state index in [0.29, 0.717) is 44.1 Å². The molecule has 0 saturated heterocycles. The van der Waals surface area contributed by atoms with Crippen molar-refractivity contribution < 1.29 is 88.3 Å². The standard InChI is InChI=1S/C71H67Cl2N9O18/c72-44-19-31-11-17-50(44)99-53-26-36-27-54(63(53)89)100-51-18-14-34(24-45(51)73)62(88)61-69(95)80-60(70(96)82(38-9-5-2-6-10-38)71(97)75-37-7-3-1-4-8-37)43-29-40(84)30-49(87)55(43)42-23-33(13-15-47(42)85)57(66(92)81-61)78-68(94)59(36)79-67(93)58-35-21-39(83)28-41(22-35)98-52-25-32(12-16-48(52)86)56(74)65(91)76-46(20-31)64(90)77-58/h11-19,21-30,37-38,46,56-62,83-89H,1-10,20,74H2,(H,75,97)(H,76,91)(H,77,90)(H,78,94)(H,79,93)(H,80,95)(H,81,92)/t46-,56-,57-,58+,59-,60+,61+,62-/m1/s1. The van der Waals surface area contributed by atoms with Gasteiger partial charge in [0.1, 0.15) is 88.6 Å². The summed E-state index contributed by atoms with van der Waals surface area (Å²) in [5, 5.41) is 101. The fourth-order valence-corrected chi connectivity index (χ4v) is 14.1. The van der Waals surface area contributed by atoms with Crippen LogP contribution in [0, 0.1) is 0 Å². The molecule has 7 aromatic rings. The van der Waals surface area contributed by atoms with Gasteiger partial charge in [-0.05, 0) is 143 Å². The molecule has 27 nitrogen and oxygen atoms in total. The maximum absolute atomic E-state index is 16.0. The van der Waals surface area contributed by atoms with E-state index >= 15 is 28.8 Å². The van der Waals surface area contributed by atoms with Gasteiger partial charge in [0.25, 0.3) is 5.91 Å². The van der Waals surface area contributed by atoms with Gasteiger partial charge in [0.2, 0.25) is 41.2 Å². The fourth-order valence-electron chi connectivity index (χ4n) is 13.6. The predicted molar refractivity (Wildman–Crippen MR) is 356 cm³/mol. The predicted octanol–water partition coefficient (Wildman–Crippen LogP) is 8.10. The molecule has 8 aliphatic rings. The number of rotatable bonds is 3. The van der Waals surface area contributed by atoms with Crippen molar-refractivity contribution in [2.45, 2.75) is 131 Å². The van der Waals surface area contributed by atoms with Crippen LogP contribution in [0.1, 0.15) is 139 Å². The van der Waals surface area contributed by atoms with Gasteiger partial charge in [0.15, 0.2) is 23.0 Å². The number of aliphatic hydroxyl groups is 1. The number of nitrogens with two attached hydrogens (primary N) is 1. The zero-order chi connectivity index (χ0) is 70.5. The summed E-state index contributed by atoms with van der Waals surface area (Å²) in [6, 6.07) is 7.08. The molecule has 16 N–H and O–H groups in total. The summed E-state index contributed by atoms with van der Waals surface area (Å²) in [5.41, 5.74) is 4.76. The van der Waals surface area contributed by atoms with Crippen LogP contribution in [0.4, 0.5) is 4.79 Å². The van der Waals surface area contributed by atoms with Crippen LogP contribution in [-0.4, -0.2) is 112 Å². The van der Waals surface area contributed by atoms with Gasteiger partial charge in [0, 0.05) is 41.8 Å². The Hall–Kier alpha value is -11.0. The number of hydrogen-bond acceptors (Lipinski definition) is 19. The smallest absolute Gasteiger partial charge is 0.324 e. The third kappa shape index (κ3) is 13.7. The molecule has 8 atom stereocenters. The van der Waals surface area contributed by atoms with Crippen LogP contribution in [-0.2, 0) is 40.0 Å². The monoisotopic (exact) mass is 1400 g/mol. The second-order valence-corrected chi connectivity index (χ2v) is 26.4. The Kier molecular flexibility index (Phi) is 18.7. The fraction of sp³-hybridized carbons (Fsp3) is 0.296. The average molecular weight is 1410 g/mol. The van der Waals surface area contributed by atoms with Crippen LogP contribution in [0.15, 0.2) is 115 Å². The summed E-state index contributed by atoms with van der Waals surface area (Å²) in [5.74, 6) is -13.9. The van der Waals surface area contributed by atoms with Gasteiger partial charge in [-0.25, -0.2) is 4.79 Å². The van der Waals surface area contributed by atoms with Crippen molar-refractivity contribution in [2.75, 3.05) is 0 Å². The highest BCUT2D eigenvalue weighted by molar-refractivity contribution is 6.32. The van der Waals surface area contributed by atoms with E-state index < -0.39 is 153 Å². The molecule has 15 rings (SSSR count). The van der Waals surface area contributed by atoms with Crippen molar-refractivity contribution >= 4 is 70.6 Å². The Bertz CT molecular complexity index is 4530. The molecular weight excluding hydrogens is 1340 g/mol. The van der Waals surface area contributed by atoms with E-state index in [1.54, 1.807) is 0 Å². The summed E-state index contributed by atoms with van der Waals surface area (Å²) in [6.45, 7) is 0. The van der Waals surface area contributed by atoms with Crippen molar-refractivity contribution in [1.82, 2.24) is 42.1 Å². The second-order valence-electron chi connectivity index (χ2n) is 25.5. The molecule has 518 valence electrons. The normalized spacial score (nSPS) is 22.6. The number of halogens is 2. The lowest BCUT2D eigenvalue weighted by atomic mass is 9.88. The first-order valence-electron chi connectivity index (χ1n) is 32.4. The Labute approximate surface area is 579 Å². The highest BCUT2D eigenvalue weighted by Crippen LogP contribution is 2.49. The van der Waals surface area contributed by atoms with Crippen LogP contribution in [0.2, 0.25) is 10.0 Å². The molecule has 29 heteroatoms. The summed E-state index contributed by atoms with van der Waals surface area (Å²) in [6.07, 6.45) is 4.13. The number of phenolic OH excluding ortho intramolecular Hbond substituents is 6. The maximum atomic E-state index is 16.0. The lowest BCUT2D eigenvalue weighted by Crippen LogP contribution is -2.58. The van der Waals surface area contributed by atoms with Gasteiger partial charge in [-0.2, -0.15) is 0 Å². The van der Waals surface area contributed by atoms with E-state index in [1.807, 2.05) is 0 Å². The first-order chi connectivity index (χ1) is 47.9. The van der Waals surface area contributed by atoms with Gasteiger partial charge in [-0.15, -0.1) is 0 Å². The summed E-state index contributed by atoms with van der Waals surface area (Å²) >= 11 is 13.9. The lowest BCUT2D eigenvalue weighted by molar-refractivity contribution is -0.139. The van der Waals surface area contributed by atoms with E-state index in [4.69, 9.17) is 43.1 Å². The molecule has 7 aromatic carbocycles. The Morgan fingerprint density at radius 3 is 1.76 bits per heavy atom. The minimum atomic E-state index is -2.21. The van der Waals surface area contributed by atoms with Gasteiger partial charge >= 0.3 is 6.03 Å². The number of fused-ring (bicyclic) bond motifs is 14. The Morgan fingerprint density at radius 1 is 0.500 bits per heavy atom. The number of ether oxygens (including phenoxy) is 3. The minimum absolute atomic E-state index is 0.121. The number of nitrogens with one attached hydrogen (secondary N) is 7. The number of imide groups is 1. The van der Waals surface area contributed by atoms with Gasteiger partial charge in [-0.1, -0.05) is 86.0 Å². The Morgan fingerprint density at radius 2 is 1.08 bits per heavy atom. The first-order valence-corrected chi connectivity index (χ1v) is 33.1. The number of urea groups is 1. The van der Waals surface area contributed by atoms with Crippen molar-refractivity contribution in [1.29, 1.82) is 0 Å². The molecule has 6 aliphatic heterocycles. The highest BCUT2D eigenvalue weighted by Gasteiger charge is 2.44. The molecule has 100 heavy (non-hydrogen) atoms. The van der Waals surface area contributed by atoms with E-state index in [2.05, 4.69) is 37.2 Å². The molecule has 6 heterocycles. The number of amides is 9. The molecule has 2 fully saturated rings. The number of hydrogen-bond donors (Lipinski definition) is 15. The number of carbonyl (C=O) groups is 8. The summed E-state index contributed by atoms with van der Waals surface area (Å²) in [4.78, 5) is 124. The molecule has 0 spiro atoms. The molecule has 0 aromatic heterocycles. The molecule has 0 radical (unpaired) electrons. The van der Waals surface area contributed by atoms with Crippen LogP contribution in [0.3, 0.4) is 0 Å². The number of aliphatic hydroxyl groups excluding tert-OH is 1. The zero-order valence-corrected chi connectivity index (χ0v) is 54.4. The van der Waals surface area contributed by atoms with Crippen LogP contribution < -0.4 is 57.2 Å². The van der Waals surface area contributed by atoms with Crippen molar-refractivity contribution in [2.24, 2.45) is 5.73 Å². The van der Waals surface area contributed by atoms with E-state index in [1.165, 1.54) is 60.7 Å². The topological polar surface area (TPSA) is 419 Å². The van der Waals surface area contributed by atoms with E-state index in [-0.39, 0.29) is 84.5 Å². The molecule has 2 aliphatic carbocycles. The largest absolute Gasteiger partial charge is 0.508 e. The van der Waals surface area contributed by atoms with Crippen LogP contribution in [0.25, 0.3) is 11.1 Å². The summed E-state index contributed by atoms with van der Waals surface area (Å²) in [7, 11) is 0. The van der Waals surface area contributed by atoms with Gasteiger partial charge in [0.05, 0.1) is 10.0 Å². The van der Waals surface area contributed by atoms with Crippen LogP contribution >= 0.6 is 23.2 Å². The third-order valence-corrected chi connectivity index (χ3v) is 19.4. The van der Waals surface area contributed by atoms with Gasteiger partial charge < -0.3 is 92.9 Å². The molecule has 9 amide bonds. The number of nitrogens with zero attached hydrogens (tertiary/aromatic N) is 1. The number of aromatic hydroxyl groups is 6. The van der Waals surface area contributed by atoms with Crippen LogP contribution in [0.5, 0.6) is 69.0 Å². The first kappa shape index (κ1) is 67.6. The average Bonchev–Trinajstić information content (AvgIpc) is 0.763. The van der Waals surface area contributed by atoms with Crippen molar-refractivity contribution in [3.8, 4) is 80.1 Å². The van der Waals surface area contributed by atoms with Gasteiger partial charge in [-0.3, -0.25) is 38.5 Å². The molecular formula is C71H67Cl2N9O18. The number of carbonyl (C=O) groups excluding carboxylic acids is 8. The lowest BCUT2D eigenvalue weighted by Gasteiger charge is -2.37. The zero-order valence-electron chi connectivity index (χ0n) is 52.9. The molecule has 17 bridgehead atoms. The number of benzene rings is 7. The quantitative estimate of drug-likeness (QED) is 0.0794.